The molecule has 4 heterocycles. The predicted octanol–water partition coefficient (Wildman–Crippen LogP) is 1.24. The van der Waals surface area contributed by atoms with E-state index in [0.717, 1.165) is 5.52 Å². The van der Waals surface area contributed by atoms with Gasteiger partial charge in [-0.05, 0) is 44.7 Å². The second-order valence-electron chi connectivity index (χ2n) is 10.6. The van der Waals surface area contributed by atoms with Crippen LogP contribution in [0.15, 0.2) is 24.3 Å². The molecule has 3 aliphatic heterocycles. The number of carbonyl (C=O) groups excluding carboxylic acids is 3. The number of para-hydroxylation sites is 1. The zero-order valence-corrected chi connectivity index (χ0v) is 21.7. The molecule has 0 aliphatic carbocycles. The third-order valence-electron chi connectivity index (χ3n) is 8.67. The molecular formula is C26H35N5O6. The number of ether oxygens (including phenoxy) is 2. The van der Waals surface area contributed by atoms with Crippen molar-refractivity contribution < 1.29 is 29.0 Å². The molecule has 3 saturated heterocycles. The standard InChI is InChI=1S/C26H35N5O6/c1-5-15(3)18(13-32)31-21(22(33)27-14-30-17-10-8-7-9-16(17)28-29-30)26-12-11-25(4,37-26)20(19(26)23(31)34)24(35)36-6-2/h7-10,15,18-21,32H,5-6,11-14H2,1-4H3,(H,27,33)/t15-,18-,19-,20+,21?,25-,26?/m0/s1. The van der Waals surface area contributed by atoms with Gasteiger partial charge in [-0.15, -0.1) is 5.10 Å². The fraction of sp³-hybridized carbons (Fsp3) is 0.654. The van der Waals surface area contributed by atoms with Crippen LogP contribution in [0, 0.1) is 17.8 Å². The van der Waals surface area contributed by atoms with Crippen molar-refractivity contribution in [3.8, 4) is 0 Å². The van der Waals surface area contributed by atoms with Gasteiger partial charge in [-0.3, -0.25) is 14.4 Å². The van der Waals surface area contributed by atoms with E-state index in [-0.39, 0.29) is 31.7 Å². The highest BCUT2D eigenvalue weighted by Crippen LogP contribution is 2.63. The Hall–Kier alpha value is -3.05. The lowest BCUT2D eigenvalue weighted by molar-refractivity contribution is -0.160. The normalized spacial score (nSPS) is 32.0. The SMILES string of the molecule is CCOC(=O)[C@H]1[C@H]2C(=O)N([C@@H](CO)[C@@H](C)CC)C(C(=O)NCn3nnc4ccccc43)C23CC[C@]1(C)O3. The molecule has 1 spiro atoms. The number of benzene rings is 1. The first-order valence-electron chi connectivity index (χ1n) is 13.1. The molecular weight excluding hydrogens is 478 g/mol. The Labute approximate surface area is 215 Å². The number of nitrogens with one attached hydrogen (secondary N) is 1. The number of amides is 2. The summed E-state index contributed by atoms with van der Waals surface area (Å²) in [4.78, 5) is 42.6. The molecule has 5 rings (SSSR count). The van der Waals surface area contributed by atoms with Crippen molar-refractivity contribution in [2.45, 2.75) is 76.9 Å². The third kappa shape index (κ3) is 3.73. The van der Waals surface area contributed by atoms with E-state index in [2.05, 4.69) is 15.6 Å². The van der Waals surface area contributed by atoms with Crippen molar-refractivity contribution >= 4 is 28.8 Å². The Morgan fingerprint density at radius 2 is 2.05 bits per heavy atom. The number of likely N-dealkylation sites (tertiary alicyclic amines) is 1. The summed E-state index contributed by atoms with van der Waals surface area (Å²) in [6.07, 6.45) is 1.68. The van der Waals surface area contributed by atoms with E-state index in [9.17, 15) is 19.5 Å². The molecule has 2 amide bonds. The number of fused-ring (bicyclic) bond motifs is 2. The molecule has 7 atom stereocenters. The average Bonchev–Trinajstić information content (AvgIpc) is 3.59. The van der Waals surface area contributed by atoms with Crippen LogP contribution in [0.3, 0.4) is 0 Å². The lowest BCUT2D eigenvalue weighted by Gasteiger charge is -2.39. The molecule has 11 nitrogen and oxygen atoms in total. The van der Waals surface area contributed by atoms with Gasteiger partial charge in [0.25, 0.3) is 0 Å². The number of aliphatic hydroxyl groups excluding tert-OH is 1. The topological polar surface area (TPSA) is 136 Å². The van der Waals surface area contributed by atoms with E-state index < -0.39 is 47.0 Å². The monoisotopic (exact) mass is 513 g/mol. The quantitative estimate of drug-likeness (QED) is 0.478. The van der Waals surface area contributed by atoms with Crippen molar-refractivity contribution in [3.63, 3.8) is 0 Å². The van der Waals surface area contributed by atoms with Crippen LogP contribution in [0.5, 0.6) is 0 Å². The van der Waals surface area contributed by atoms with Gasteiger partial charge in [-0.1, -0.05) is 37.6 Å². The molecule has 3 fully saturated rings. The van der Waals surface area contributed by atoms with Crippen LogP contribution in [-0.4, -0.2) is 79.3 Å². The average molecular weight is 514 g/mol. The second-order valence-corrected chi connectivity index (χ2v) is 10.6. The van der Waals surface area contributed by atoms with E-state index in [1.165, 1.54) is 4.90 Å². The molecule has 2 bridgehead atoms. The maximum Gasteiger partial charge on any atom is 0.312 e. The molecule has 200 valence electrons. The van der Waals surface area contributed by atoms with E-state index in [1.807, 2.05) is 45.0 Å². The maximum atomic E-state index is 14.1. The summed E-state index contributed by atoms with van der Waals surface area (Å²) in [6.45, 7) is 7.40. The molecule has 0 saturated carbocycles. The smallest absolute Gasteiger partial charge is 0.312 e. The van der Waals surface area contributed by atoms with Crippen molar-refractivity contribution in [1.29, 1.82) is 0 Å². The maximum absolute atomic E-state index is 14.1. The van der Waals surface area contributed by atoms with Crippen LogP contribution in [0.25, 0.3) is 11.0 Å². The molecule has 3 aliphatic rings. The Morgan fingerprint density at radius 1 is 1.30 bits per heavy atom. The summed E-state index contributed by atoms with van der Waals surface area (Å²) in [6, 6.07) is 5.81. The van der Waals surface area contributed by atoms with Crippen molar-refractivity contribution in [2.24, 2.45) is 17.8 Å². The van der Waals surface area contributed by atoms with Crippen molar-refractivity contribution in [3.05, 3.63) is 24.3 Å². The number of hydrogen-bond donors (Lipinski definition) is 2. The molecule has 2 unspecified atom stereocenters. The fourth-order valence-electron chi connectivity index (χ4n) is 6.71. The van der Waals surface area contributed by atoms with Crippen LogP contribution >= 0.6 is 0 Å². The van der Waals surface area contributed by atoms with Crippen molar-refractivity contribution in [2.75, 3.05) is 13.2 Å². The number of aliphatic hydroxyl groups is 1. The lowest BCUT2D eigenvalue weighted by Crippen LogP contribution is -2.59. The highest BCUT2D eigenvalue weighted by Gasteiger charge is 2.78. The number of hydrogen-bond acceptors (Lipinski definition) is 8. The lowest BCUT2D eigenvalue weighted by atomic mass is 9.66. The zero-order valence-electron chi connectivity index (χ0n) is 21.7. The summed E-state index contributed by atoms with van der Waals surface area (Å²) in [5.41, 5.74) is -0.615. The van der Waals surface area contributed by atoms with Gasteiger partial charge in [0.1, 0.15) is 29.7 Å². The first-order chi connectivity index (χ1) is 17.7. The molecule has 37 heavy (non-hydrogen) atoms. The minimum absolute atomic E-state index is 0.0460. The molecule has 0 radical (unpaired) electrons. The number of nitrogens with zero attached hydrogens (tertiary/aromatic N) is 4. The second kappa shape index (κ2) is 9.36. The first kappa shape index (κ1) is 25.6. The van der Waals surface area contributed by atoms with E-state index in [4.69, 9.17) is 9.47 Å². The minimum atomic E-state index is -1.18. The van der Waals surface area contributed by atoms with E-state index >= 15 is 0 Å². The highest BCUT2D eigenvalue weighted by atomic mass is 16.6. The summed E-state index contributed by atoms with van der Waals surface area (Å²) in [7, 11) is 0. The Morgan fingerprint density at radius 3 is 2.76 bits per heavy atom. The molecule has 11 heteroatoms. The van der Waals surface area contributed by atoms with E-state index in [0.29, 0.717) is 24.8 Å². The number of esters is 1. The summed E-state index contributed by atoms with van der Waals surface area (Å²) in [5, 5.41) is 21.6. The van der Waals surface area contributed by atoms with Gasteiger partial charge >= 0.3 is 5.97 Å². The highest BCUT2D eigenvalue weighted by molar-refractivity contribution is 5.98. The Bertz CT molecular complexity index is 1220. The molecule has 2 aromatic rings. The van der Waals surface area contributed by atoms with Gasteiger partial charge < -0.3 is 24.8 Å². The minimum Gasteiger partial charge on any atom is -0.466 e. The van der Waals surface area contributed by atoms with Crippen LogP contribution < -0.4 is 5.32 Å². The van der Waals surface area contributed by atoms with Crippen LogP contribution in [0.2, 0.25) is 0 Å². The summed E-state index contributed by atoms with van der Waals surface area (Å²) in [5.74, 6) is -2.98. The zero-order chi connectivity index (χ0) is 26.5. The van der Waals surface area contributed by atoms with Gasteiger partial charge in [-0.2, -0.15) is 0 Å². The number of aromatic nitrogens is 3. The third-order valence-corrected chi connectivity index (χ3v) is 8.67. The molecule has 2 N–H and O–H groups in total. The van der Waals surface area contributed by atoms with Gasteiger partial charge in [0.2, 0.25) is 11.8 Å². The van der Waals surface area contributed by atoms with E-state index in [1.54, 1.807) is 11.6 Å². The molecule has 1 aromatic heterocycles. The van der Waals surface area contributed by atoms with Crippen molar-refractivity contribution in [1.82, 2.24) is 25.2 Å². The van der Waals surface area contributed by atoms with Crippen LogP contribution in [0.4, 0.5) is 0 Å². The largest absolute Gasteiger partial charge is 0.466 e. The summed E-state index contributed by atoms with van der Waals surface area (Å²) >= 11 is 0. The number of carbonyl (C=O) groups is 3. The Balaban J connectivity index is 1.52. The van der Waals surface area contributed by atoms with Gasteiger partial charge in [0.15, 0.2) is 0 Å². The van der Waals surface area contributed by atoms with Gasteiger partial charge in [0, 0.05) is 0 Å². The Kier molecular flexibility index (Phi) is 6.47. The first-order valence-corrected chi connectivity index (χ1v) is 13.1. The molecule has 1 aromatic carbocycles. The van der Waals surface area contributed by atoms with Gasteiger partial charge in [0.05, 0.1) is 36.3 Å². The summed E-state index contributed by atoms with van der Waals surface area (Å²) < 4.78 is 13.5. The number of rotatable bonds is 9. The van der Waals surface area contributed by atoms with Crippen LogP contribution in [0.1, 0.15) is 47.0 Å². The predicted molar refractivity (Wildman–Crippen MR) is 132 cm³/mol. The van der Waals surface area contributed by atoms with Crippen LogP contribution in [-0.2, 0) is 30.5 Å². The fourth-order valence-corrected chi connectivity index (χ4v) is 6.71. The van der Waals surface area contributed by atoms with Gasteiger partial charge in [-0.25, -0.2) is 4.68 Å².